The maximum absolute atomic E-state index is 12.3. The minimum atomic E-state index is -4.80. The van der Waals surface area contributed by atoms with E-state index in [0.29, 0.717) is 6.54 Å². The summed E-state index contributed by atoms with van der Waals surface area (Å²) in [4.78, 5) is 12.3. The maximum Gasteiger partial charge on any atom is 0.573 e. The molecule has 0 bridgehead atoms. The van der Waals surface area contributed by atoms with E-state index in [-0.39, 0.29) is 18.0 Å². The molecule has 1 saturated carbocycles. The topological polar surface area (TPSA) is 75.7 Å². The molecule has 23 heavy (non-hydrogen) atoms. The van der Waals surface area contributed by atoms with Crippen LogP contribution in [0.3, 0.4) is 0 Å². The van der Waals surface area contributed by atoms with E-state index in [1.54, 1.807) is 0 Å². The zero-order chi connectivity index (χ0) is 17.0. The van der Waals surface area contributed by atoms with Gasteiger partial charge in [-0.15, -0.1) is 13.2 Å². The minimum absolute atomic E-state index is 0.203. The van der Waals surface area contributed by atoms with Crippen molar-refractivity contribution >= 4 is 21.6 Å². The highest BCUT2D eigenvalue weighted by Crippen LogP contribution is 2.57. The van der Waals surface area contributed by atoms with Gasteiger partial charge in [0.1, 0.15) is 5.75 Å². The van der Waals surface area contributed by atoms with Crippen molar-refractivity contribution in [2.75, 3.05) is 18.9 Å². The number of nitrogens with zero attached hydrogens (tertiary/aromatic N) is 1. The number of hydrogen-bond acceptors (Lipinski definition) is 4. The summed E-state index contributed by atoms with van der Waals surface area (Å²) >= 11 is 0. The second kappa shape index (κ2) is 4.84. The van der Waals surface area contributed by atoms with Crippen molar-refractivity contribution in [2.45, 2.75) is 17.5 Å². The van der Waals surface area contributed by atoms with Crippen molar-refractivity contribution in [1.82, 2.24) is 4.31 Å². The number of fused-ring (bicyclic) bond motifs is 1. The first-order chi connectivity index (χ1) is 10.6. The maximum atomic E-state index is 12.3. The van der Waals surface area contributed by atoms with Crippen LogP contribution in [0, 0.1) is 5.92 Å². The van der Waals surface area contributed by atoms with Crippen molar-refractivity contribution in [2.24, 2.45) is 5.92 Å². The number of carbonyl (C=O) groups excluding carboxylic acids is 1. The van der Waals surface area contributed by atoms with Crippen LogP contribution in [0.25, 0.3) is 0 Å². The molecule has 2 atom stereocenters. The van der Waals surface area contributed by atoms with Crippen LogP contribution >= 0.6 is 0 Å². The highest BCUT2D eigenvalue weighted by Gasteiger charge is 2.74. The molecule has 6 nitrogen and oxygen atoms in total. The number of rotatable bonds is 3. The van der Waals surface area contributed by atoms with Crippen LogP contribution < -0.4 is 10.1 Å². The Hall–Kier alpha value is -1.81. The lowest BCUT2D eigenvalue weighted by atomic mass is 10.2. The van der Waals surface area contributed by atoms with E-state index in [0.717, 1.165) is 16.4 Å². The van der Waals surface area contributed by atoms with E-state index in [2.05, 4.69) is 10.1 Å². The lowest BCUT2D eigenvalue weighted by Gasteiger charge is -2.17. The molecule has 0 unspecified atom stereocenters. The first kappa shape index (κ1) is 16.1. The van der Waals surface area contributed by atoms with Crippen molar-refractivity contribution in [3.05, 3.63) is 24.3 Å². The monoisotopic (exact) mass is 350 g/mol. The van der Waals surface area contributed by atoms with E-state index < -0.39 is 32.8 Å². The smallest absolute Gasteiger partial charge is 0.406 e. The first-order valence-corrected chi connectivity index (χ1v) is 8.13. The third kappa shape index (κ3) is 2.55. The zero-order valence-electron chi connectivity index (χ0n) is 11.9. The summed E-state index contributed by atoms with van der Waals surface area (Å²) in [5.41, 5.74) is 0.203. The summed E-state index contributed by atoms with van der Waals surface area (Å²) in [5, 5.41) is 2.45. The van der Waals surface area contributed by atoms with Gasteiger partial charge in [0, 0.05) is 25.2 Å². The molecular weight excluding hydrogens is 337 g/mol. The minimum Gasteiger partial charge on any atom is -0.406 e. The van der Waals surface area contributed by atoms with E-state index >= 15 is 0 Å². The SMILES string of the molecule is CN1C[C@H]2C[C@]2(C(=O)Nc2ccc(OC(F)(F)F)cc2)S1(=O)=O. The fourth-order valence-electron chi connectivity index (χ4n) is 2.89. The zero-order valence-corrected chi connectivity index (χ0v) is 12.7. The highest BCUT2D eigenvalue weighted by atomic mass is 32.2. The van der Waals surface area contributed by atoms with Crippen LogP contribution in [0.4, 0.5) is 18.9 Å². The Balaban J connectivity index is 1.73. The normalized spacial score (nSPS) is 29.0. The molecule has 0 aromatic heterocycles. The lowest BCUT2D eigenvalue weighted by molar-refractivity contribution is -0.274. The Morgan fingerprint density at radius 3 is 2.43 bits per heavy atom. The van der Waals surface area contributed by atoms with Gasteiger partial charge in [-0.1, -0.05) is 0 Å². The van der Waals surface area contributed by atoms with Gasteiger partial charge in [0.05, 0.1) is 0 Å². The Morgan fingerprint density at radius 2 is 1.96 bits per heavy atom. The van der Waals surface area contributed by atoms with Gasteiger partial charge in [-0.3, -0.25) is 4.79 Å². The molecule has 1 N–H and O–H groups in total. The summed E-state index contributed by atoms with van der Waals surface area (Å²) < 4.78 is 64.1. The van der Waals surface area contributed by atoms with Gasteiger partial charge in [0.25, 0.3) is 0 Å². The highest BCUT2D eigenvalue weighted by molar-refractivity contribution is 7.92. The van der Waals surface area contributed by atoms with Crippen LogP contribution in [-0.2, 0) is 14.8 Å². The largest absolute Gasteiger partial charge is 0.573 e. The molecule has 1 aromatic carbocycles. The van der Waals surface area contributed by atoms with Crippen molar-refractivity contribution in [3.8, 4) is 5.75 Å². The summed E-state index contributed by atoms with van der Waals surface area (Å²) in [7, 11) is -2.28. The predicted molar refractivity (Wildman–Crippen MR) is 74.1 cm³/mol. The fourth-order valence-corrected chi connectivity index (χ4v) is 5.02. The first-order valence-electron chi connectivity index (χ1n) is 6.69. The van der Waals surface area contributed by atoms with Crippen LogP contribution in [0.1, 0.15) is 6.42 Å². The number of amides is 1. The molecule has 0 spiro atoms. The molecule has 1 aromatic rings. The number of ether oxygens (including phenoxy) is 1. The van der Waals surface area contributed by atoms with Crippen LogP contribution in [0.2, 0.25) is 0 Å². The Bertz CT molecular complexity index is 747. The average Bonchev–Trinajstić information content (AvgIpc) is 3.10. The average molecular weight is 350 g/mol. The molecule has 10 heteroatoms. The number of halogens is 3. The summed E-state index contributed by atoms with van der Waals surface area (Å²) in [6, 6.07) is 4.53. The van der Waals surface area contributed by atoms with Gasteiger partial charge in [0.2, 0.25) is 15.9 Å². The van der Waals surface area contributed by atoms with Crippen molar-refractivity contribution < 1.29 is 31.1 Å². The van der Waals surface area contributed by atoms with Gasteiger partial charge in [-0.25, -0.2) is 12.7 Å². The number of sulfonamides is 1. The molecule has 1 aliphatic heterocycles. The molecule has 1 aliphatic carbocycles. The number of alkyl halides is 3. The number of anilines is 1. The third-order valence-electron chi connectivity index (χ3n) is 4.13. The van der Waals surface area contributed by atoms with Gasteiger partial charge < -0.3 is 10.1 Å². The second-order valence-corrected chi connectivity index (χ2v) is 7.90. The summed E-state index contributed by atoms with van der Waals surface area (Å²) in [6.45, 7) is 0.300. The molecule has 2 fully saturated rings. The van der Waals surface area contributed by atoms with Crippen LogP contribution in [0.15, 0.2) is 24.3 Å². The van der Waals surface area contributed by atoms with Gasteiger partial charge in [0.15, 0.2) is 4.75 Å². The van der Waals surface area contributed by atoms with Crippen molar-refractivity contribution in [1.29, 1.82) is 0 Å². The number of nitrogens with one attached hydrogen (secondary N) is 1. The Kier molecular flexibility index (Phi) is 3.38. The standard InChI is InChI=1S/C13H13F3N2O4S/c1-18-7-8-6-12(8,23(18,20)21)11(19)17-9-2-4-10(5-3-9)22-13(14,15)16/h2-5,8H,6-7H2,1H3,(H,17,19)/t8-,12+/m1/s1. The van der Waals surface area contributed by atoms with E-state index in [9.17, 15) is 26.4 Å². The van der Waals surface area contributed by atoms with E-state index in [1.807, 2.05) is 0 Å². The van der Waals surface area contributed by atoms with Gasteiger partial charge in [-0.05, 0) is 30.7 Å². The number of carbonyl (C=O) groups is 1. The Labute approximate surface area is 130 Å². The fraction of sp³-hybridized carbons (Fsp3) is 0.462. The molecule has 1 amide bonds. The molecule has 3 rings (SSSR count). The summed E-state index contributed by atoms with van der Waals surface area (Å²) in [6.07, 6.45) is -4.53. The molecule has 1 heterocycles. The quantitative estimate of drug-likeness (QED) is 0.898. The van der Waals surface area contributed by atoms with Crippen LogP contribution in [0.5, 0.6) is 5.75 Å². The van der Waals surface area contributed by atoms with Gasteiger partial charge in [-0.2, -0.15) is 0 Å². The number of benzene rings is 1. The van der Waals surface area contributed by atoms with Gasteiger partial charge >= 0.3 is 6.36 Å². The van der Waals surface area contributed by atoms with E-state index in [4.69, 9.17) is 0 Å². The third-order valence-corrected chi connectivity index (χ3v) is 6.70. The molecule has 0 radical (unpaired) electrons. The van der Waals surface area contributed by atoms with Crippen molar-refractivity contribution in [3.63, 3.8) is 0 Å². The Morgan fingerprint density at radius 1 is 1.35 bits per heavy atom. The van der Waals surface area contributed by atoms with Crippen LogP contribution in [-0.4, -0.2) is 43.3 Å². The molecule has 2 aliphatic rings. The lowest BCUT2D eigenvalue weighted by Crippen LogP contribution is -2.40. The van der Waals surface area contributed by atoms with E-state index in [1.165, 1.54) is 19.2 Å². The molecule has 126 valence electrons. The number of hydrogen-bond donors (Lipinski definition) is 1. The summed E-state index contributed by atoms with van der Waals surface area (Å²) in [5.74, 6) is -1.33. The molecule has 1 saturated heterocycles. The predicted octanol–water partition coefficient (Wildman–Crippen LogP) is 1.56. The molecular formula is C13H13F3N2O4S. The second-order valence-electron chi connectivity index (χ2n) is 5.60.